The highest BCUT2D eigenvalue weighted by molar-refractivity contribution is 7.90. The molecule has 6 nitrogen and oxygen atoms in total. The van der Waals surface area contributed by atoms with Gasteiger partial charge in [-0.1, -0.05) is 35.6 Å². The lowest BCUT2D eigenvalue weighted by Crippen LogP contribution is -2.23. The van der Waals surface area contributed by atoms with Gasteiger partial charge >= 0.3 is 5.97 Å². The number of sulfonamides is 1. The lowest BCUT2D eigenvalue weighted by Gasteiger charge is -2.04. The fourth-order valence-corrected chi connectivity index (χ4v) is 4.51. The van der Waals surface area contributed by atoms with E-state index in [-0.39, 0.29) is 21.8 Å². The van der Waals surface area contributed by atoms with E-state index in [9.17, 15) is 17.6 Å². The number of aromatic nitrogens is 1. The number of halogens is 1. The molecule has 3 aromatic rings. The fourth-order valence-electron chi connectivity index (χ4n) is 2.25. The van der Waals surface area contributed by atoms with Crippen LogP contribution in [-0.2, 0) is 26.1 Å². The SMILES string of the molecule is COC(=O)Cn1c(=NS(=O)(=O)c2ccccc2)sc2cccc(F)c21. The van der Waals surface area contributed by atoms with Crippen molar-refractivity contribution in [1.29, 1.82) is 0 Å². The fraction of sp³-hybridized carbons (Fsp3) is 0.125. The number of nitrogens with zero attached hydrogens (tertiary/aromatic N) is 2. The molecule has 0 bridgehead atoms. The molecule has 0 saturated heterocycles. The quantitative estimate of drug-likeness (QED) is 0.651. The number of carbonyl (C=O) groups is 1. The lowest BCUT2D eigenvalue weighted by molar-refractivity contribution is -0.141. The van der Waals surface area contributed by atoms with Gasteiger partial charge in [0, 0.05) is 0 Å². The summed E-state index contributed by atoms with van der Waals surface area (Å²) >= 11 is 0.981. The van der Waals surface area contributed by atoms with E-state index in [0.717, 1.165) is 11.3 Å². The van der Waals surface area contributed by atoms with E-state index in [1.54, 1.807) is 24.3 Å². The molecule has 2 aromatic carbocycles. The topological polar surface area (TPSA) is 77.7 Å². The van der Waals surface area contributed by atoms with Gasteiger partial charge in [0.2, 0.25) is 4.80 Å². The summed E-state index contributed by atoms with van der Waals surface area (Å²) in [5, 5.41) is 0. The number of para-hydroxylation sites is 1. The second-order valence-corrected chi connectivity index (χ2v) is 7.63. The van der Waals surface area contributed by atoms with Crippen molar-refractivity contribution in [2.75, 3.05) is 7.11 Å². The molecule has 1 aromatic heterocycles. The molecule has 0 aliphatic rings. The van der Waals surface area contributed by atoms with Crippen LogP contribution < -0.4 is 4.80 Å². The van der Waals surface area contributed by atoms with Gasteiger partial charge in [-0.15, -0.1) is 4.40 Å². The Morgan fingerprint density at radius 1 is 1.20 bits per heavy atom. The van der Waals surface area contributed by atoms with Crippen molar-refractivity contribution in [2.24, 2.45) is 4.40 Å². The van der Waals surface area contributed by atoms with Gasteiger partial charge in [0.05, 0.1) is 22.2 Å². The van der Waals surface area contributed by atoms with Gasteiger partial charge in [0.1, 0.15) is 12.4 Å². The number of benzene rings is 2. The van der Waals surface area contributed by atoms with Crippen LogP contribution in [0.4, 0.5) is 4.39 Å². The Morgan fingerprint density at radius 2 is 1.92 bits per heavy atom. The Bertz CT molecular complexity index is 1100. The van der Waals surface area contributed by atoms with Gasteiger partial charge in [-0.25, -0.2) is 4.39 Å². The third-order valence-electron chi connectivity index (χ3n) is 3.41. The number of fused-ring (bicyclic) bond motifs is 1. The number of esters is 1. The first-order chi connectivity index (χ1) is 11.9. The van der Waals surface area contributed by atoms with Crippen LogP contribution in [0.25, 0.3) is 10.2 Å². The molecular formula is C16H13FN2O4S2. The third kappa shape index (κ3) is 3.47. The average molecular weight is 380 g/mol. The zero-order valence-corrected chi connectivity index (χ0v) is 14.7. The van der Waals surface area contributed by atoms with E-state index in [1.165, 1.54) is 35.9 Å². The Labute approximate surface area is 146 Å². The van der Waals surface area contributed by atoms with Crippen molar-refractivity contribution in [3.05, 3.63) is 59.1 Å². The van der Waals surface area contributed by atoms with Gasteiger partial charge in [-0.05, 0) is 24.3 Å². The zero-order chi connectivity index (χ0) is 18.0. The van der Waals surface area contributed by atoms with Crippen molar-refractivity contribution < 1.29 is 22.3 Å². The van der Waals surface area contributed by atoms with E-state index in [4.69, 9.17) is 0 Å². The molecule has 3 rings (SSSR count). The van der Waals surface area contributed by atoms with Gasteiger partial charge in [-0.3, -0.25) is 4.79 Å². The monoisotopic (exact) mass is 380 g/mol. The molecule has 0 unspecified atom stereocenters. The van der Waals surface area contributed by atoms with Crippen LogP contribution in [0.5, 0.6) is 0 Å². The van der Waals surface area contributed by atoms with Crippen LogP contribution in [0, 0.1) is 5.82 Å². The van der Waals surface area contributed by atoms with Crippen molar-refractivity contribution in [1.82, 2.24) is 4.57 Å². The maximum Gasteiger partial charge on any atom is 0.325 e. The van der Waals surface area contributed by atoms with Gasteiger partial charge in [-0.2, -0.15) is 8.42 Å². The molecule has 0 amide bonds. The maximum atomic E-state index is 14.2. The standard InChI is InChI=1S/C16H13FN2O4S2/c1-23-14(20)10-19-15-12(17)8-5-9-13(15)24-16(19)18-25(21,22)11-6-3-2-4-7-11/h2-9H,10H2,1H3. The summed E-state index contributed by atoms with van der Waals surface area (Å²) in [6, 6.07) is 12.0. The largest absolute Gasteiger partial charge is 0.468 e. The molecule has 130 valence electrons. The van der Waals surface area contributed by atoms with E-state index in [0.29, 0.717) is 4.70 Å². The highest BCUT2D eigenvalue weighted by Gasteiger charge is 2.17. The zero-order valence-electron chi connectivity index (χ0n) is 13.0. The Morgan fingerprint density at radius 3 is 2.60 bits per heavy atom. The lowest BCUT2D eigenvalue weighted by atomic mass is 10.3. The molecule has 9 heteroatoms. The molecule has 0 radical (unpaired) electrons. The third-order valence-corrected chi connectivity index (χ3v) is 5.85. The van der Waals surface area contributed by atoms with Gasteiger partial charge < -0.3 is 9.30 Å². The highest BCUT2D eigenvalue weighted by Crippen LogP contribution is 2.21. The summed E-state index contributed by atoms with van der Waals surface area (Å²) in [6.45, 7) is -0.347. The minimum atomic E-state index is -4.00. The number of hydrogen-bond acceptors (Lipinski definition) is 5. The second kappa shape index (κ2) is 6.77. The maximum absolute atomic E-state index is 14.2. The van der Waals surface area contributed by atoms with E-state index in [2.05, 4.69) is 9.13 Å². The summed E-state index contributed by atoms with van der Waals surface area (Å²) in [5.74, 6) is -1.21. The van der Waals surface area contributed by atoms with Crippen LogP contribution in [0.3, 0.4) is 0 Å². The summed E-state index contributed by atoms with van der Waals surface area (Å²) < 4.78 is 49.3. The Balaban J connectivity index is 2.27. The molecule has 0 aliphatic heterocycles. The normalized spacial score (nSPS) is 12.5. The molecule has 0 atom stereocenters. The summed E-state index contributed by atoms with van der Waals surface area (Å²) in [7, 11) is -2.80. The average Bonchev–Trinajstić information content (AvgIpc) is 2.93. The van der Waals surface area contributed by atoms with Crippen molar-refractivity contribution in [3.8, 4) is 0 Å². The predicted molar refractivity (Wildman–Crippen MR) is 91.0 cm³/mol. The van der Waals surface area contributed by atoms with Crippen molar-refractivity contribution in [3.63, 3.8) is 0 Å². The van der Waals surface area contributed by atoms with Crippen LogP contribution >= 0.6 is 11.3 Å². The molecule has 0 aliphatic carbocycles. The number of rotatable bonds is 4. The van der Waals surface area contributed by atoms with Crippen LogP contribution in [0.1, 0.15) is 0 Å². The molecular weight excluding hydrogens is 367 g/mol. The molecule has 0 fully saturated rings. The summed E-state index contributed by atoms with van der Waals surface area (Å²) in [4.78, 5) is 11.7. The minimum Gasteiger partial charge on any atom is -0.468 e. The van der Waals surface area contributed by atoms with E-state index in [1.807, 2.05) is 0 Å². The number of ether oxygens (including phenoxy) is 1. The second-order valence-electron chi connectivity index (χ2n) is 5.01. The number of carbonyl (C=O) groups excluding carboxylic acids is 1. The van der Waals surface area contributed by atoms with Crippen LogP contribution in [0.15, 0.2) is 57.8 Å². The van der Waals surface area contributed by atoms with Crippen LogP contribution in [0.2, 0.25) is 0 Å². The molecule has 1 heterocycles. The predicted octanol–water partition coefficient (Wildman–Crippen LogP) is 2.30. The summed E-state index contributed by atoms with van der Waals surface area (Å²) in [5.41, 5.74) is 0.111. The molecule has 0 spiro atoms. The minimum absolute atomic E-state index is 0.00523. The van der Waals surface area contributed by atoms with E-state index >= 15 is 0 Å². The first kappa shape index (κ1) is 17.3. The number of methoxy groups -OCH3 is 1. The smallest absolute Gasteiger partial charge is 0.325 e. The highest BCUT2D eigenvalue weighted by atomic mass is 32.2. The van der Waals surface area contributed by atoms with Crippen molar-refractivity contribution in [2.45, 2.75) is 11.4 Å². The van der Waals surface area contributed by atoms with Gasteiger partial charge in [0.25, 0.3) is 10.0 Å². The molecule has 0 N–H and O–H groups in total. The number of hydrogen-bond donors (Lipinski definition) is 0. The van der Waals surface area contributed by atoms with E-state index < -0.39 is 21.8 Å². The van der Waals surface area contributed by atoms with Crippen molar-refractivity contribution >= 4 is 37.5 Å². The first-order valence-corrected chi connectivity index (χ1v) is 9.39. The van der Waals surface area contributed by atoms with Gasteiger partial charge in [0.15, 0.2) is 0 Å². The number of thiazole rings is 1. The first-order valence-electron chi connectivity index (χ1n) is 7.13. The van der Waals surface area contributed by atoms with Crippen LogP contribution in [-0.4, -0.2) is 26.1 Å². The Hall–Kier alpha value is -2.52. The molecule has 0 saturated carbocycles. The molecule has 25 heavy (non-hydrogen) atoms. The Kier molecular flexibility index (Phi) is 4.69. The summed E-state index contributed by atoms with van der Waals surface area (Å²) in [6.07, 6.45) is 0.